The summed E-state index contributed by atoms with van der Waals surface area (Å²) in [7, 11) is 0. The SMILES string of the molecule is O=C1OC2(c3ccc(O)cc3Oc3cc(O)ccc32)c2ccc3n[nH]nc3c21. The average molecular weight is 373 g/mol. The maximum absolute atomic E-state index is 13.0. The normalized spacial score (nSPS) is 15.6. The van der Waals surface area contributed by atoms with E-state index in [2.05, 4.69) is 15.4 Å². The summed E-state index contributed by atoms with van der Waals surface area (Å²) < 4.78 is 11.9. The second-order valence-corrected chi connectivity index (χ2v) is 6.71. The molecule has 136 valence electrons. The molecular formula is C20H11N3O5. The third-order valence-corrected chi connectivity index (χ3v) is 5.23. The Hall–Kier alpha value is -4.07. The molecule has 1 spiro atoms. The molecule has 0 saturated heterocycles. The molecule has 0 amide bonds. The van der Waals surface area contributed by atoms with Crippen LogP contribution in [0.25, 0.3) is 11.0 Å². The molecule has 0 unspecified atom stereocenters. The van der Waals surface area contributed by atoms with Crippen molar-refractivity contribution in [1.29, 1.82) is 0 Å². The first-order valence-electron chi connectivity index (χ1n) is 8.50. The van der Waals surface area contributed by atoms with Gasteiger partial charge in [0.15, 0.2) is 5.60 Å². The molecule has 2 aliphatic heterocycles. The van der Waals surface area contributed by atoms with E-state index in [-0.39, 0.29) is 11.5 Å². The van der Waals surface area contributed by atoms with Crippen molar-refractivity contribution in [3.8, 4) is 23.0 Å². The molecule has 8 heteroatoms. The van der Waals surface area contributed by atoms with Gasteiger partial charge < -0.3 is 19.7 Å². The number of phenols is 2. The van der Waals surface area contributed by atoms with E-state index in [0.29, 0.717) is 44.8 Å². The van der Waals surface area contributed by atoms with E-state index in [0.717, 1.165) is 0 Å². The van der Waals surface area contributed by atoms with Gasteiger partial charge in [-0.3, -0.25) is 0 Å². The van der Waals surface area contributed by atoms with Gasteiger partial charge in [0.2, 0.25) is 0 Å². The van der Waals surface area contributed by atoms with Crippen LogP contribution >= 0.6 is 0 Å². The van der Waals surface area contributed by atoms with Crippen molar-refractivity contribution >= 4 is 17.0 Å². The minimum absolute atomic E-state index is 0.00834. The number of fused-ring (bicyclic) bond motifs is 8. The number of phenolic OH excluding ortho intramolecular Hbond substituents is 2. The third kappa shape index (κ3) is 1.67. The van der Waals surface area contributed by atoms with Gasteiger partial charge in [-0.1, -0.05) is 6.07 Å². The van der Waals surface area contributed by atoms with E-state index < -0.39 is 11.6 Å². The summed E-state index contributed by atoms with van der Waals surface area (Å²) in [6.45, 7) is 0. The largest absolute Gasteiger partial charge is 0.508 e. The zero-order valence-electron chi connectivity index (χ0n) is 14.1. The van der Waals surface area contributed by atoms with E-state index in [4.69, 9.17) is 9.47 Å². The Balaban J connectivity index is 1.77. The lowest BCUT2D eigenvalue weighted by Crippen LogP contribution is -2.32. The fourth-order valence-electron chi connectivity index (χ4n) is 4.09. The van der Waals surface area contributed by atoms with Gasteiger partial charge in [-0.2, -0.15) is 15.4 Å². The molecule has 28 heavy (non-hydrogen) atoms. The highest BCUT2D eigenvalue weighted by Crippen LogP contribution is 2.57. The van der Waals surface area contributed by atoms with Crippen LogP contribution in [-0.2, 0) is 10.3 Å². The van der Waals surface area contributed by atoms with Crippen LogP contribution < -0.4 is 4.74 Å². The number of H-pyrrole nitrogens is 1. The Labute approximate surface area is 157 Å². The van der Waals surface area contributed by atoms with Crippen LogP contribution in [0.15, 0.2) is 48.5 Å². The molecule has 3 heterocycles. The predicted octanol–water partition coefficient (Wildman–Crippen LogP) is 2.94. The topological polar surface area (TPSA) is 118 Å². The van der Waals surface area contributed by atoms with Crippen LogP contribution in [0.1, 0.15) is 27.0 Å². The number of aromatic amines is 1. The Morgan fingerprint density at radius 3 is 2.18 bits per heavy atom. The van der Waals surface area contributed by atoms with Crippen molar-refractivity contribution in [2.24, 2.45) is 0 Å². The maximum Gasteiger partial charge on any atom is 0.342 e. The Morgan fingerprint density at radius 2 is 1.50 bits per heavy atom. The Kier molecular flexibility index (Phi) is 2.58. The van der Waals surface area contributed by atoms with Crippen LogP contribution in [0.5, 0.6) is 23.0 Å². The zero-order chi connectivity index (χ0) is 19.0. The van der Waals surface area contributed by atoms with Gasteiger partial charge in [0, 0.05) is 28.8 Å². The van der Waals surface area contributed by atoms with E-state index in [1.165, 1.54) is 24.3 Å². The van der Waals surface area contributed by atoms with Crippen molar-refractivity contribution in [1.82, 2.24) is 15.4 Å². The first-order valence-corrected chi connectivity index (χ1v) is 8.50. The molecule has 3 N–H and O–H groups in total. The lowest BCUT2D eigenvalue weighted by Gasteiger charge is -2.36. The number of carbonyl (C=O) groups is 1. The summed E-state index contributed by atoms with van der Waals surface area (Å²) in [5, 5.41) is 30.5. The number of nitrogens with zero attached hydrogens (tertiary/aromatic N) is 2. The number of hydrogen-bond acceptors (Lipinski definition) is 7. The predicted molar refractivity (Wildman–Crippen MR) is 95.5 cm³/mol. The van der Waals surface area contributed by atoms with Crippen LogP contribution in [0.4, 0.5) is 0 Å². The highest BCUT2D eigenvalue weighted by atomic mass is 16.6. The molecular weight excluding hydrogens is 362 g/mol. The van der Waals surface area contributed by atoms with Gasteiger partial charge in [-0.05, 0) is 30.3 Å². The molecule has 8 nitrogen and oxygen atoms in total. The highest BCUT2D eigenvalue weighted by molar-refractivity contribution is 6.07. The number of esters is 1. The molecule has 1 aromatic heterocycles. The molecule has 0 atom stereocenters. The molecule has 2 aliphatic rings. The number of benzene rings is 3. The second-order valence-electron chi connectivity index (χ2n) is 6.71. The molecule has 4 aromatic rings. The maximum atomic E-state index is 13.0. The molecule has 0 aliphatic carbocycles. The quantitative estimate of drug-likeness (QED) is 0.406. The minimum Gasteiger partial charge on any atom is -0.508 e. The van der Waals surface area contributed by atoms with Crippen LogP contribution in [0, 0.1) is 0 Å². The number of ether oxygens (including phenoxy) is 2. The molecule has 0 saturated carbocycles. The molecule has 0 fully saturated rings. The Bertz CT molecular complexity index is 1280. The third-order valence-electron chi connectivity index (χ3n) is 5.23. The number of aromatic nitrogens is 3. The zero-order valence-corrected chi connectivity index (χ0v) is 14.1. The van der Waals surface area contributed by atoms with Gasteiger partial charge >= 0.3 is 5.97 Å². The molecule has 0 bridgehead atoms. The smallest absolute Gasteiger partial charge is 0.342 e. The summed E-state index contributed by atoms with van der Waals surface area (Å²) >= 11 is 0. The van der Waals surface area contributed by atoms with Crippen molar-refractivity contribution in [2.75, 3.05) is 0 Å². The van der Waals surface area contributed by atoms with E-state index in [1.54, 1.807) is 24.3 Å². The lowest BCUT2D eigenvalue weighted by molar-refractivity contribution is 0.0225. The molecule has 6 rings (SSSR count). The van der Waals surface area contributed by atoms with Gasteiger partial charge in [0.05, 0.1) is 5.56 Å². The van der Waals surface area contributed by atoms with E-state index >= 15 is 0 Å². The summed E-state index contributed by atoms with van der Waals surface area (Å²) in [6.07, 6.45) is 0. The summed E-state index contributed by atoms with van der Waals surface area (Å²) in [4.78, 5) is 13.0. The fraction of sp³-hybridized carbons (Fsp3) is 0.0500. The minimum atomic E-state index is -1.29. The van der Waals surface area contributed by atoms with Crippen molar-refractivity contribution in [3.63, 3.8) is 0 Å². The average Bonchev–Trinajstić information content (AvgIpc) is 3.24. The highest BCUT2D eigenvalue weighted by Gasteiger charge is 2.54. The first-order chi connectivity index (χ1) is 13.6. The van der Waals surface area contributed by atoms with E-state index in [9.17, 15) is 15.0 Å². The monoisotopic (exact) mass is 373 g/mol. The Morgan fingerprint density at radius 1 is 0.857 bits per heavy atom. The van der Waals surface area contributed by atoms with Gasteiger partial charge in [0.25, 0.3) is 0 Å². The summed E-state index contributed by atoms with van der Waals surface area (Å²) in [5.41, 5.74) is 1.75. The number of hydrogen-bond donors (Lipinski definition) is 3. The number of rotatable bonds is 0. The molecule has 3 aromatic carbocycles. The second kappa shape index (κ2) is 4.80. The van der Waals surface area contributed by atoms with Crippen LogP contribution in [0.3, 0.4) is 0 Å². The lowest BCUT2D eigenvalue weighted by atomic mass is 9.77. The summed E-state index contributed by atoms with van der Waals surface area (Å²) in [6, 6.07) is 12.8. The standard InChI is InChI=1S/C20H11N3O5/c24-9-1-3-11-15(7-9)27-16-8-10(25)2-4-12(16)20(11)13-5-6-14-18(22-23-21-14)17(13)19(26)28-20/h1-8,24-25H,(H,21,22,23). The van der Waals surface area contributed by atoms with Crippen molar-refractivity contribution in [3.05, 3.63) is 70.8 Å². The fourth-order valence-corrected chi connectivity index (χ4v) is 4.09. The first kappa shape index (κ1) is 15.0. The molecule has 0 radical (unpaired) electrons. The number of aromatic hydroxyl groups is 2. The number of carbonyl (C=O) groups excluding carboxylic acids is 1. The van der Waals surface area contributed by atoms with Gasteiger partial charge in [-0.25, -0.2) is 4.79 Å². The van der Waals surface area contributed by atoms with E-state index in [1.807, 2.05) is 0 Å². The van der Waals surface area contributed by atoms with Gasteiger partial charge in [-0.15, -0.1) is 0 Å². The van der Waals surface area contributed by atoms with Gasteiger partial charge in [0.1, 0.15) is 34.0 Å². The van der Waals surface area contributed by atoms with Crippen LogP contribution in [0.2, 0.25) is 0 Å². The number of nitrogens with one attached hydrogen (secondary N) is 1. The van der Waals surface area contributed by atoms with Crippen molar-refractivity contribution < 1.29 is 24.5 Å². The summed E-state index contributed by atoms with van der Waals surface area (Å²) in [5.74, 6) is 0.149. The van der Waals surface area contributed by atoms with Crippen molar-refractivity contribution in [2.45, 2.75) is 5.60 Å². The van der Waals surface area contributed by atoms with Crippen LogP contribution in [-0.4, -0.2) is 31.6 Å².